The predicted octanol–water partition coefficient (Wildman–Crippen LogP) is 2.89. The van der Waals surface area contributed by atoms with Crippen molar-refractivity contribution in [3.63, 3.8) is 0 Å². The predicted molar refractivity (Wildman–Crippen MR) is 74.7 cm³/mol. The molecule has 0 N–H and O–H groups in total. The highest BCUT2D eigenvalue weighted by molar-refractivity contribution is 7.09. The van der Waals surface area contributed by atoms with Crippen molar-refractivity contribution < 1.29 is 4.79 Å². The van der Waals surface area contributed by atoms with E-state index in [1.54, 1.807) is 11.3 Å². The lowest BCUT2D eigenvalue weighted by molar-refractivity contribution is -0.126. The van der Waals surface area contributed by atoms with E-state index < -0.39 is 0 Å². The number of thiazole rings is 1. The van der Waals surface area contributed by atoms with Crippen molar-refractivity contribution in [3.8, 4) is 0 Å². The first-order valence-electron chi connectivity index (χ1n) is 6.67. The van der Waals surface area contributed by atoms with Gasteiger partial charge in [0.1, 0.15) is 5.78 Å². The Balaban J connectivity index is 1.86. The molecule has 0 aromatic carbocycles. The molecule has 0 bridgehead atoms. The van der Waals surface area contributed by atoms with E-state index in [-0.39, 0.29) is 5.92 Å². The Morgan fingerprint density at radius 3 is 3.00 bits per heavy atom. The van der Waals surface area contributed by atoms with E-state index in [9.17, 15) is 4.79 Å². The molecule has 0 aliphatic heterocycles. The summed E-state index contributed by atoms with van der Waals surface area (Å²) in [6.07, 6.45) is 2.90. The van der Waals surface area contributed by atoms with Crippen LogP contribution in [0.2, 0.25) is 0 Å². The van der Waals surface area contributed by atoms with Crippen LogP contribution in [0.25, 0.3) is 0 Å². The number of carbonyl (C=O) groups is 1. The zero-order valence-corrected chi connectivity index (χ0v) is 12.3. The van der Waals surface area contributed by atoms with Crippen molar-refractivity contribution in [2.75, 3.05) is 13.6 Å². The van der Waals surface area contributed by atoms with Gasteiger partial charge in [0.15, 0.2) is 0 Å². The molecule has 1 aromatic rings. The number of hydrogen-bond donors (Lipinski definition) is 0. The highest BCUT2D eigenvalue weighted by atomic mass is 32.1. The van der Waals surface area contributed by atoms with Crippen LogP contribution in [-0.2, 0) is 11.3 Å². The van der Waals surface area contributed by atoms with Crippen LogP contribution < -0.4 is 0 Å². The summed E-state index contributed by atoms with van der Waals surface area (Å²) in [5, 5.41) is 3.22. The fourth-order valence-electron chi connectivity index (χ4n) is 2.70. The molecule has 2 rings (SSSR count). The monoisotopic (exact) mass is 266 g/mol. The molecule has 0 radical (unpaired) electrons. The van der Waals surface area contributed by atoms with Gasteiger partial charge >= 0.3 is 0 Å². The number of Topliss-reactive ketones (excluding diaryl/α,β-unsaturated/α-hetero) is 1. The number of aryl methyl sites for hydroxylation is 1. The molecule has 0 spiro atoms. The van der Waals surface area contributed by atoms with Crippen LogP contribution in [0.5, 0.6) is 0 Å². The molecule has 1 aliphatic carbocycles. The van der Waals surface area contributed by atoms with Crippen LogP contribution in [0.3, 0.4) is 0 Å². The topological polar surface area (TPSA) is 33.2 Å². The van der Waals surface area contributed by atoms with Crippen LogP contribution in [0, 0.1) is 18.8 Å². The summed E-state index contributed by atoms with van der Waals surface area (Å²) in [7, 11) is 2.08. The number of ketones is 1. The van der Waals surface area contributed by atoms with E-state index in [2.05, 4.69) is 29.2 Å². The average Bonchev–Trinajstić information content (AvgIpc) is 2.69. The Kier molecular flexibility index (Phi) is 4.51. The number of hydrogen-bond acceptors (Lipinski definition) is 4. The molecule has 1 fully saturated rings. The van der Waals surface area contributed by atoms with Crippen molar-refractivity contribution in [1.82, 2.24) is 9.88 Å². The molecule has 18 heavy (non-hydrogen) atoms. The molecule has 1 aliphatic rings. The Hall–Kier alpha value is -0.740. The minimum absolute atomic E-state index is 0.235. The number of carbonyl (C=O) groups excluding carboxylic acids is 1. The van der Waals surface area contributed by atoms with Gasteiger partial charge in [-0.15, -0.1) is 11.3 Å². The molecule has 1 aromatic heterocycles. The number of nitrogens with zero attached hydrogens (tertiary/aromatic N) is 2. The first-order valence-corrected chi connectivity index (χ1v) is 7.55. The van der Waals surface area contributed by atoms with Crippen molar-refractivity contribution >= 4 is 17.1 Å². The van der Waals surface area contributed by atoms with Gasteiger partial charge in [0, 0.05) is 30.8 Å². The molecule has 1 saturated carbocycles. The van der Waals surface area contributed by atoms with Crippen molar-refractivity contribution in [1.29, 1.82) is 0 Å². The fourth-order valence-corrected chi connectivity index (χ4v) is 3.31. The average molecular weight is 266 g/mol. The number of aromatic nitrogens is 1. The third-order valence-corrected chi connectivity index (χ3v) is 4.48. The molecule has 1 heterocycles. The van der Waals surface area contributed by atoms with Crippen LogP contribution >= 0.6 is 11.3 Å². The van der Waals surface area contributed by atoms with Crippen LogP contribution in [-0.4, -0.2) is 29.3 Å². The molecule has 0 saturated heterocycles. The Bertz CT molecular complexity index is 416. The fraction of sp³-hybridized carbons (Fsp3) is 0.714. The number of rotatable bonds is 4. The maximum Gasteiger partial charge on any atom is 0.137 e. The minimum atomic E-state index is 0.235. The van der Waals surface area contributed by atoms with Crippen LogP contribution in [0.1, 0.15) is 36.9 Å². The quantitative estimate of drug-likeness (QED) is 0.840. The first-order chi connectivity index (χ1) is 8.54. The summed E-state index contributed by atoms with van der Waals surface area (Å²) in [5.41, 5.74) is 1.12. The highest BCUT2D eigenvalue weighted by Gasteiger charge is 2.27. The zero-order chi connectivity index (χ0) is 13.1. The van der Waals surface area contributed by atoms with Gasteiger partial charge in [0.2, 0.25) is 0 Å². The standard InChI is InChI=1S/C14H22N2OS/c1-10-4-5-14(17)12(6-10)7-16(3)8-13-9-18-11(2)15-13/h9-10,12H,4-8H2,1-3H3. The van der Waals surface area contributed by atoms with Gasteiger partial charge in [0.25, 0.3) is 0 Å². The lowest BCUT2D eigenvalue weighted by Gasteiger charge is -2.28. The van der Waals surface area contributed by atoms with Gasteiger partial charge < -0.3 is 0 Å². The second-order valence-electron chi connectivity index (χ2n) is 5.60. The van der Waals surface area contributed by atoms with Gasteiger partial charge in [-0.25, -0.2) is 4.98 Å². The molecule has 100 valence electrons. The molecular formula is C14H22N2OS. The summed E-state index contributed by atoms with van der Waals surface area (Å²) in [6.45, 7) is 6.01. The van der Waals surface area contributed by atoms with Crippen molar-refractivity contribution in [2.24, 2.45) is 11.8 Å². The second-order valence-corrected chi connectivity index (χ2v) is 6.66. The second kappa shape index (κ2) is 5.93. The third kappa shape index (κ3) is 3.62. The minimum Gasteiger partial charge on any atom is -0.300 e. The van der Waals surface area contributed by atoms with Crippen LogP contribution in [0.4, 0.5) is 0 Å². The SMILES string of the molecule is Cc1nc(CN(C)CC2CC(C)CCC2=O)cs1. The van der Waals surface area contributed by atoms with E-state index in [1.807, 2.05) is 6.92 Å². The third-order valence-electron chi connectivity index (χ3n) is 3.66. The van der Waals surface area contributed by atoms with Gasteiger partial charge in [-0.05, 0) is 32.7 Å². The zero-order valence-electron chi connectivity index (χ0n) is 11.5. The lowest BCUT2D eigenvalue weighted by Crippen LogP contribution is -2.34. The summed E-state index contributed by atoms with van der Waals surface area (Å²) in [4.78, 5) is 18.6. The van der Waals surface area contributed by atoms with Crippen LogP contribution in [0.15, 0.2) is 5.38 Å². The molecule has 2 unspecified atom stereocenters. The molecule has 3 nitrogen and oxygen atoms in total. The Morgan fingerprint density at radius 2 is 2.33 bits per heavy atom. The molecule has 0 amide bonds. The van der Waals surface area contributed by atoms with Gasteiger partial charge in [-0.1, -0.05) is 6.92 Å². The van der Waals surface area contributed by atoms with Gasteiger partial charge in [0.05, 0.1) is 10.7 Å². The summed E-state index contributed by atoms with van der Waals surface area (Å²) < 4.78 is 0. The van der Waals surface area contributed by atoms with E-state index >= 15 is 0 Å². The summed E-state index contributed by atoms with van der Waals surface area (Å²) in [6, 6.07) is 0. The Morgan fingerprint density at radius 1 is 1.56 bits per heavy atom. The van der Waals surface area contributed by atoms with Gasteiger partial charge in [-0.2, -0.15) is 0 Å². The largest absolute Gasteiger partial charge is 0.300 e. The normalized spacial score (nSPS) is 24.8. The molecule has 4 heteroatoms. The maximum atomic E-state index is 11.9. The maximum absolute atomic E-state index is 11.9. The summed E-state index contributed by atoms with van der Waals surface area (Å²) >= 11 is 1.69. The van der Waals surface area contributed by atoms with E-state index in [0.717, 1.165) is 43.1 Å². The summed E-state index contributed by atoms with van der Waals surface area (Å²) in [5.74, 6) is 1.38. The highest BCUT2D eigenvalue weighted by Crippen LogP contribution is 2.26. The first kappa shape index (κ1) is 13.7. The van der Waals surface area contributed by atoms with E-state index in [0.29, 0.717) is 11.7 Å². The smallest absolute Gasteiger partial charge is 0.137 e. The van der Waals surface area contributed by atoms with E-state index in [4.69, 9.17) is 0 Å². The molecule has 2 atom stereocenters. The molecular weight excluding hydrogens is 244 g/mol. The van der Waals surface area contributed by atoms with Crippen molar-refractivity contribution in [2.45, 2.75) is 39.7 Å². The lowest BCUT2D eigenvalue weighted by atomic mass is 9.81. The van der Waals surface area contributed by atoms with E-state index in [1.165, 1.54) is 0 Å². The Labute approximate surface area is 113 Å². The van der Waals surface area contributed by atoms with Gasteiger partial charge in [-0.3, -0.25) is 9.69 Å². The van der Waals surface area contributed by atoms with Crippen molar-refractivity contribution in [3.05, 3.63) is 16.1 Å².